The van der Waals surface area contributed by atoms with Gasteiger partial charge in [0.2, 0.25) is 0 Å². The van der Waals surface area contributed by atoms with Crippen LogP contribution in [0.25, 0.3) is 0 Å². The molecular formula is C4H7NO. The highest BCUT2D eigenvalue weighted by atomic mass is 16.3. The summed E-state index contributed by atoms with van der Waals surface area (Å²) in [5.74, 6) is 0. The first kappa shape index (κ1) is 5.34. The lowest BCUT2D eigenvalue weighted by molar-refractivity contribution is 1.07. The summed E-state index contributed by atoms with van der Waals surface area (Å²) < 4.78 is 0. The number of nitrogens with zero attached hydrogens (tertiary/aromatic N) is 1. The van der Waals surface area contributed by atoms with E-state index in [1.807, 2.05) is 6.92 Å². The molecule has 0 heterocycles. The molecule has 0 atom stereocenters. The summed E-state index contributed by atoms with van der Waals surface area (Å²) in [6, 6.07) is 0. The van der Waals surface area contributed by atoms with Gasteiger partial charge in [0.1, 0.15) is 0 Å². The molecule has 0 aromatic rings. The van der Waals surface area contributed by atoms with Crippen molar-refractivity contribution in [2.45, 2.75) is 13.3 Å². The molecule has 2 heteroatoms. The predicted molar refractivity (Wildman–Crippen MR) is 25.2 cm³/mol. The second-order valence-corrected chi connectivity index (χ2v) is 1.01. The SMILES string of the molecule is C=C(CC)N=O. The smallest absolute Gasteiger partial charge is 0.0774 e. The van der Waals surface area contributed by atoms with Gasteiger partial charge >= 0.3 is 0 Å². The molecule has 0 radical (unpaired) electrons. The summed E-state index contributed by atoms with van der Waals surface area (Å²) in [6.07, 6.45) is 0.656. The lowest BCUT2D eigenvalue weighted by Gasteiger charge is -1.77. The van der Waals surface area contributed by atoms with Gasteiger partial charge in [-0.25, -0.2) is 0 Å². The third kappa shape index (κ3) is 1.64. The maximum absolute atomic E-state index is 9.39. The minimum absolute atomic E-state index is 0.412. The van der Waals surface area contributed by atoms with Crippen LogP contribution < -0.4 is 0 Å². The molecule has 0 aliphatic heterocycles. The van der Waals surface area contributed by atoms with Gasteiger partial charge in [0.05, 0.1) is 5.70 Å². The molecule has 0 aromatic heterocycles. The van der Waals surface area contributed by atoms with Gasteiger partial charge in [-0.1, -0.05) is 13.5 Å². The van der Waals surface area contributed by atoms with E-state index in [0.717, 1.165) is 0 Å². The minimum Gasteiger partial charge on any atom is -0.145 e. The Morgan fingerprint density at radius 2 is 2.50 bits per heavy atom. The third-order valence-electron chi connectivity index (χ3n) is 0.537. The molecule has 0 saturated heterocycles. The summed E-state index contributed by atoms with van der Waals surface area (Å²) in [5.41, 5.74) is 0.412. The Kier molecular flexibility index (Phi) is 2.29. The Morgan fingerprint density at radius 1 is 2.00 bits per heavy atom. The Balaban J connectivity index is 3.23. The van der Waals surface area contributed by atoms with Crippen molar-refractivity contribution < 1.29 is 0 Å². The van der Waals surface area contributed by atoms with Gasteiger partial charge in [0, 0.05) is 0 Å². The molecule has 34 valence electrons. The van der Waals surface area contributed by atoms with Crippen LogP contribution in [0.1, 0.15) is 13.3 Å². The zero-order valence-corrected chi connectivity index (χ0v) is 3.77. The van der Waals surface area contributed by atoms with E-state index in [2.05, 4.69) is 11.8 Å². The van der Waals surface area contributed by atoms with Gasteiger partial charge in [-0.2, -0.15) is 0 Å². The number of nitroso groups, excluding NO2 is 1. The molecule has 0 aliphatic carbocycles. The summed E-state index contributed by atoms with van der Waals surface area (Å²) in [6.45, 7) is 5.15. The van der Waals surface area contributed by atoms with Gasteiger partial charge in [0.25, 0.3) is 0 Å². The zero-order valence-electron chi connectivity index (χ0n) is 3.77. The van der Waals surface area contributed by atoms with E-state index in [1.54, 1.807) is 0 Å². The Hall–Kier alpha value is -0.660. The van der Waals surface area contributed by atoms with Crippen molar-refractivity contribution in [3.05, 3.63) is 17.2 Å². The van der Waals surface area contributed by atoms with E-state index in [1.165, 1.54) is 0 Å². The van der Waals surface area contributed by atoms with Crippen LogP contribution in [0.15, 0.2) is 17.5 Å². The summed E-state index contributed by atoms with van der Waals surface area (Å²) >= 11 is 0. The quantitative estimate of drug-likeness (QED) is 0.469. The third-order valence-corrected chi connectivity index (χ3v) is 0.537. The van der Waals surface area contributed by atoms with Gasteiger partial charge in [-0.05, 0) is 11.6 Å². The average Bonchev–Trinajstić information content (AvgIpc) is 1.65. The van der Waals surface area contributed by atoms with Crippen molar-refractivity contribution in [2.24, 2.45) is 5.18 Å². The highest BCUT2D eigenvalue weighted by Crippen LogP contribution is 1.93. The fraction of sp³-hybridized carbons (Fsp3) is 0.500. The van der Waals surface area contributed by atoms with Crippen LogP contribution >= 0.6 is 0 Å². The summed E-state index contributed by atoms with van der Waals surface area (Å²) in [7, 11) is 0. The summed E-state index contributed by atoms with van der Waals surface area (Å²) in [5, 5.41) is 2.56. The molecule has 6 heavy (non-hydrogen) atoms. The first-order valence-corrected chi connectivity index (χ1v) is 1.82. The topological polar surface area (TPSA) is 29.4 Å². The van der Waals surface area contributed by atoms with Crippen molar-refractivity contribution in [1.82, 2.24) is 0 Å². The molecule has 0 bridgehead atoms. The molecule has 2 nitrogen and oxygen atoms in total. The highest BCUT2D eigenvalue weighted by molar-refractivity contribution is 4.87. The second-order valence-electron chi connectivity index (χ2n) is 1.01. The van der Waals surface area contributed by atoms with Crippen LogP contribution in [0.2, 0.25) is 0 Å². The van der Waals surface area contributed by atoms with E-state index < -0.39 is 0 Å². The van der Waals surface area contributed by atoms with Crippen LogP contribution in [0.4, 0.5) is 0 Å². The first-order chi connectivity index (χ1) is 2.81. The van der Waals surface area contributed by atoms with Crippen LogP contribution in [-0.2, 0) is 0 Å². The standard InChI is InChI=1S/C4H7NO/c1-3-4(2)5-6/h2-3H2,1H3. The number of hydrogen-bond acceptors (Lipinski definition) is 2. The average molecular weight is 85.1 g/mol. The first-order valence-electron chi connectivity index (χ1n) is 1.82. The monoisotopic (exact) mass is 85.1 g/mol. The maximum atomic E-state index is 9.39. The maximum Gasteiger partial charge on any atom is 0.0774 e. The normalized spacial score (nSPS) is 7.50. The van der Waals surface area contributed by atoms with E-state index in [0.29, 0.717) is 12.1 Å². The highest BCUT2D eigenvalue weighted by Gasteiger charge is 1.79. The molecule has 0 rings (SSSR count). The van der Waals surface area contributed by atoms with E-state index in [-0.39, 0.29) is 0 Å². The molecule has 0 aliphatic rings. The Labute approximate surface area is 36.8 Å². The van der Waals surface area contributed by atoms with Crippen LogP contribution in [0, 0.1) is 4.91 Å². The molecule has 0 fully saturated rings. The van der Waals surface area contributed by atoms with Crippen molar-refractivity contribution in [2.75, 3.05) is 0 Å². The van der Waals surface area contributed by atoms with Crippen molar-refractivity contribution in [3.63, 3.8) is 0 Å². The number of allylic oxidation sites excluding steroid dienone is 1. The Morgan fingerprint density at radius 3 is 2.50 bits per heavy atom. The molecule has 0 amide bonds. The van der Waals surface area contributed by atoms with Crippen molar-refractivity contribution >= 4 is 0 Å². The van der Waals surface area contributed by atoms with Crippen molar-refractivity contribution in [1.29, 1.82) is 0 Å². The largest absolute Gasteiger partial charge is 0.145 e. The number of hydrogen-bond donors (Lipinski definition) is 0. The second kappa shape index (κ2) is 2.57. The van der Waals surface area contributed by atoms with Gasteiger partial charge in [-0.15, -0.1) is 4.91 Å². The fourth-order valence-electron chi connectivity index (χ4n) is 0.0645. The zero-order chi connectivity index (χ0) is 4.99. The van der Waals surface area contributed by atoms with Crippen LogP contribution in [-0.4, -0.2) is 0 Å². The lowest BCUT2D eigenvalue weighted by Crippen LogP contribution is -1.62. The summed E-state index contributed by atoms with van der Waals surface area (Å²) in [4.78, 5) is 9.39. The van der Waals surface area contributed by atoms with E-state index >= 15 is 0 Å². The van der Waals surface area contributed by atoms with Gasteiger partial charge in [-0.3, -0.25) is 0 Å². The van der Waals surface area contributed by atoms with E-state index in [9.17, 15) is 4.91 Å². The molecule has 0 unspecified atom stereocenters. The minimum atomic E-state index is 0.412. The van der Waals surface area contributed by atoms with E-state index in [4.69, 9.17) is 0 Å². The van der Waals surface area contributed by atoms with Gasteiger partial charge < -0.3 is 0 Å². The predicted octanol–water partition coefficient (Wildman–Crippen LogP) is 1.68. The van der Waals surface area contributed by atoms with Crippen molar-refractivity contribution in [3.8, 4) is 0 Å². The lowest BCUT2D eigenvalue weighted by atomic mass is 10.4. The molecule has 0 aromatic carbocycles. The molecule has 0 saturated carbocycles. The Bertz CT molecular complexity index is 67.9. The molecule has 0 N–H and O–H groups in total. The van der Waals surface area contributed by atoms with Crippen LogP contribution in [0.3, 0.4) is 0 Å². The van der Waals surface area contributed by atoms with Crippen LogP contribution in [0.5, 0.6) is 0 Å². The fourth-order valence-corrected chi connectivity index (χ4v) is 0.0645. The molecule has 0 spiro atoms. The van der Waals surface area contributed by atoms with Gasteiger partial charge in [0.15, 0.2) is 0 Å². The molecular weight excluding hydrogens is 78.0 g/mol. The number of rotatable bonds is 2.